The summed E-state index contributed by atoms with van der Waals surface area (Å²) in [6.07, 6.45) is 1.19. The minimum atomic E-state index is -3.94. The molecule has 2 amide bonds. The summed E-state index contributed by atoms with van der Waals surface area (Å²) < 4.78 is 32.3. The standard InChI is InChI=1S/C28H31Cl2N3O5S/c1-19-13-14-26(38-3)24(15-19)33(39(4,36)37)18-27(34)32(17-21-22(29)11-8-12-23(21)30)25(28(35)31-2)16-20-9-6-5-7-10-20/h5-15,25H,16-18H2,1-4H3,(H,31,35)/t25-/m1/s1. The number of benzene rings is 3. The quantitative estimate of drug-likeness (QED) is 0.355. The minimum Gasteiger partial charge on any atom is -0.495 e. The largest absolute Gasteiger partial charge is 0.495 e. The van der Waals surface area contributed by atoms with Gasteiger partial charge in [-0.2, -0.15) is 0 Å². The first-order chi connectivity index (χ1) is 18.5. The number of hydrogen-bond donors (Lipinski definition) is 1. The molecule has 11 heteroatoms. The Morgan fingerprint density at radius 3 is 2.21 bits per heavy atom. The van der Waals surface area contributed by atoms with Crippen molar-refractivity contribution in [2.24, 2.45) is 0 Å². The van der Waals surface area contributed by atoms with Crippen LogP contribution < -0.4 is 14.4 Å². The van der Waals surface area contributed by atoms with Gasteiger partial charge in [0.2, 0.25) is 21.8 Å². The van der Waals surface area contributed by atoms with E-state index in [4.69, 9.17) is 27.9 Å². The Kier molecular flexibility index (Phi) is 10.2. The van der Waals surface area contributed by atoms with Crippen LogP contribution in [0.1, 0.15) is 16.7 Å². The third-order valence-electron chi connectivity index (χ3n) is 6.19. The van der Waals surface area contributed by atoms with E-state index in [1.807, 2.05) is 30.3 Å². The van der Waals surface area contributed by atoms with Crippen molar-refractivity contribution in [2.75, 3.05) is 31.3 Å². The molecule has 1 atom stereocenters. The third-order valence-corrected chi connectivity index (χ3v) is 8.02. The molecule has 3 rings (SSSR count). The van der Waals surface area contributed by atoms with Crippen molar-refractivity contribution in [3.8, 4) is 5.75 Å². The smallest absolute Gasteiger partial charge is 0.244 e. The lowest BCUT2D eigenvalue weighted by Crippen LogP contribution is -2.53. The number of hydrogen-bond acceptors (Lipinski definition) is 5. The second-order valence-corrected chi connectivity index (χ2v) is 11.7. The molecule has 0 aromatic heterocycles. The van der Waals surface area contributed by atoms with Crippen LogP contribution in [-0.4, -0.2) is 58.1 Å². The number of aryl methyl sites for hydroxylation is 1. The van der Waals surface area contributed by atoms with E-state index < -0.39 is 34.4 Å². The first-order valence-corrected chi connectivity index (χ1v) is 14.7. The van der Waals surface area contributed by atoms with Crippen LogP contribution in [0.5, 0.6) is 5.75 Å². The highest BCUT2D eigenvalue weighted by Gasteiger charge is 2.34. The highest BCUT2D eigenvalue weighted by Crippen LogP contribution is 2.32. The third kappa shape index (κ3) is 7.65. The van der Waals surface area contributed by atoms with E-state index in [1.165, 1.54) is 19.1 Å². The minimum absolute atomic E-state index is 0.120. The molecular weight excluding hydrogens is 561 g/mol. The number of likely N-dealkylation sites (N-methyl/N-ethyl adjacent to an activating group) is 1. The maximum atomic E-state index is 14.1. The molecule has 0 bridgehead atoms. The maximum Gasteiger partial charge on any atom is 0.244 e. The fourth-order valence-corrected chi connectivity index (χ4v) is 5.53. The summed E-state index contributed by atoms with van der Waals surface area (Å²) in [6.45, 7) is 1.10. The van der Waals surface area contributed by atoms with Gasteiger partial charge in [-0.15, -0.1) is 0 Å². The SMILES string of the molecule is CNC(=O)[C@@H](Cc1ccccc1)N(Cc1c(Cl)cccc1Cl)C(=O)CN(c1cc(C)ccc1OC)S(C)(=O)=O. The maximum absolute atomic E-state index is 14.1. The average Bonchev–Trinajstić information content (AvgIpc) is 2.90. The molecule has 3 aromatic rings. The van der Waals surface area contributed by atoms with Crippen LogP contribution in [0.15, 0.2) is 66.7 Å². The number of sulfonamides is 1. The molecule has 0 saturated carbocycles. The van der Waals surface area contributed by atoms with Crippen LogP contribution in [0.4, 0.5) is 5.69 Å². The Labute approximate surface area is 239 Å². The summed E-state index contributed by atoms with van der Waals surface area (Å²) in [7, 11) is -1.04. The predicted octanol–water partition coefficient (Wildman–Crippen LogP) is 4.46. The molecule has 0 aliphatic carbocycles. The monoisotopic (exact) mass is 591 g/mol. The molecular formula is C28H31Cl2N3O5S. The molecule has 39 heavy (non-hydrogen) atoms. The lowest BCUT2D eigenvalue weighted by molar-refractivity contribution is -0.139. The fraction of sp³-hybridized carbons (Fsp3) is 0.286. The van der Waals surface area contributed by atoms with Crippen molar-refractivity contribution in [2.45, 2.75) is 25.9 Å². The van der Waals surface area contributed by atoms with E-state index in [9.17, 15) is 18.0 Å². The predicted molar refractivity (Wildman–Crippen MR) is 155 cm³/mol. The van der Waals surface area contributed by atoms with E-state index in [0.29, 0.717) is 15.6 Å². The summed E-state index contributed by atoms with van der Waals surface area (Å²) in [5.41, 5.74) is 2.24. The van der Waals surface area contributed by atoms with E-state index in [0.717, 1.165) is 21.7 Å². The Balaban J connectivity index is 2.12. The van der Waals surface area contributed by atoms with Gasteiger partial charge in [0.05, 0.1) is 19.1 Å². The van der Waals surface area contributed by atoms with Crippen molar-refractivity contribution in [1.29, 1.82) is 0 Å². The molecule has 8 nitrogen and oxygen atoms in total. The van der Waals surface area contributed by atoms with E-state index in [-0.39, 0.29) is 24.4 Å². The summed E-state index contributed by atoms with van der Waals surface area (Å²) in [5.74, 6) is -0.759. The fourth-order valence-electron chi connectivity index (χ4n) is 4.16. The summed E-state index contributed by atoms with van der Waals surface area (Å²) in [5, 5.41) is 3.26. The molecule has 0 spiro atoms. The number of nitrogens with zero attached hydrogens (tertiary/aromatic N) is 2. The van der Waals surface area contributed by atoms with Crippen molar-refractivity contribution >= 4 is 50.7 Å². The van der Waals surface area contributed by atoms with Gasteiger partial charge >= 0.3 is 0 Å². The number of amides is 2. The lowest BCUT2D eigenvalue weighted by Gasteiger charge is -2.34. The molecule has 0 aliphatic rings. The second kappa shape index (κ2) is 13.2. The molecule has 0 unspecified atom stereocenters. The topological polar surface area (TPSA) is 96.0 Å². The molecule has 208 valence electrons. The molecule has 0 aliphatic heterocycles. The van der Waals surface area contributed by atoms with Gasteiger partial charge in [-0.05, 0) is 42.3 Å². The van der Waals surface area contributed by atoms with Gasteiger partial charge < -0.3 is 15.0 Å². The number of ether oxygens (including phenoxy) is 1. The van der Waals surface area contributed by atoms with Crippen LogP contribution in [-0.2, 0) is 32.6 Å². The highest BCUT2D eigenvalue weighted by atomic mass is 35.5. The lowest BCUT2D eigenvalue weighted by atomic mass is 10.0. The number of methoxy groups -OCH3 is 1. The zero-order valence-corrected chi connectivity index (χ0v) is 24.5. The molecule has 0 saturated heterocycles. The number of nitrogens with one attached hydrogen (secondary N) is 1. The first kappa shape index (κ1) is 30.3. The average molecular weight is 593 g/mol. The molecule has 3 aromatic carbocycles. The van der Waals surface area contributed by atoms with Crippen LogP contribution in [0.3, 0.4) is 0 Å². The van der Waals surface area contributed by atoms with Crippen molar-refractivity contribution in [1.82, 2.24) is 10.2 Å². The van der Waals surface area contributed by atoms with Crippen molar-refractivity contribution < 1.29 is 22.7 Å². The van der Waals surface area contributed by atoms with Gasteiger partial charge in [-0.1, -0.05) is 65.7 Å². The van der Waals surface area contributed by atoms with Gasteiger partial charge in [0, 0.05) is 35.6 Å². The van der Waals surface area contributed by atoms with Crippen LogP contribution in [0, 0.1) is 6.92 Å². The Bertz CT molecular complexity index is 1410. The summed E-state index contributed by atoms with van der Waals surface area (Å²) in [6, 6.07) is 18.2. The van der Waals surface area contributed by atoms with Crippen LogP contribution in [0.2, 0.25) is 10.0 Å². The Morgan fingerprint density at radius 2 is 1.64 bits per heavy atom. The van der Waals surface area contributed by atoms with E-state index in [1.54, 1.807) is 43.3 Å². The highest BCUT2D eigenvalue weighted by molar-refractivity contribution is 7.92. The molecule has 0 radical (unpaired) electrons. The van der Waals surface area contributed by atoms with E-state index in [2.05, 4.69) is 5.32 Å². The molecule has 1 N–H and O–H groups in total. The van der Waals surface area contributed by atoms with Gasteiger partial charge in [-0.3, -0.25) is 13.9 Å². The normalized spacial score (nSPS) is 11.9. The molecule has 0 fully saturated rings. The van der Waals surface area contributed by atoms with E-state index >= 15 is 0 Å². The van der Waals surface area contributed by atoms with Gasteiger partial charge in [-0.25, -0.2) is 8.42 Å². The van der Waals surface area contributed by atoms with Crippen molar-refractivity contribution in [3.63, 3.8) is 0 Å². The number of anilines is 1. The summed E-state index contributed by atoms with van der Waals surface area (Å²) >= 11 is 12.9. The van der Waals surface area contributed by atoms with Crippen LogP contribution >= 0.6 is 23.2 Å². The Hall–Kier alpha value is -3.27. The number of rotatable bonds is 11. The van der Waals surface area contributed by atoms with Gasteiger partial charge in [0.15, 0.2) is 0 Å². The van der Waals surface area contributed by atoms with Crippen LogP contribution in [0.25, 0.3) is 0 Å². The van der Waals surface area contributed by atoms with Gasteiger partial charge in [0.1, 0.15) is 18.3 Å². The zero-order chi connectivity index (χ0) is 28.7. The second-order valence-electron chi connectivity index (χ2n) is 8.99. The zero-order valence-electron chi connectivity index (χ0n) is 22.1. The number of halogens is 2. The molecule has 0 heterocycles. The number of carbonyl (C=O) groups excluding carboxylic acids is 2. The van der Waals surface area contributed by atoms with Crippen molar-refractivity contribution in [3.05, 3.63) is 93.5 Å². The van der Waals surface area contributed by atoms with Gasteiger partial charge in [0.25, 0.3) is 0 Å². The summed E-state index contributed by atoms with van der Waals surface area (Å²) in [4.78, 5) is 28.6. The Morgan fingerprint density at radius 1 is 1.00 bits per heavy atom. The number of carbonyl (C=O) groups is 2. The first-order valence-electron chi connectivity index (χ1n) is 12.1.